The Balaban J connectivity index is 0.00000242. The number of nitrogens with one attached hydrogen (secondary N) is 2. The molecule has 0 spiro atoms. The molecule has 0 saturated carbocycles. The van der Waals surface area contributed by atoms with E-state index >= 15 is 0 Å². The van der Waals surface area contributed by atoms with Crippen molar-refractivity contribution in [2.45, 2.75) is 18.9 Å². The van der Waals surface area contributed by atoms with E-state index in [4.69, 9.17) is 4.74 Å². The van der Waals surface area contributed by atoms with Crippen LogP contribution < -0.4 is 15.5 Å². The molecule has 1 aliphatic heterocycles. The number of halogens is 1. The number of nitrogens with zero attached hydrogens (tertiary/aromatic N) is 2. The normalized spacial score (nSPS) is 17.7. The Labute approximate surface area is 150 Å². The topological polar surface area (TPSA) is 48.9 Å². The summed E-state index contributed by atoms with van der Waals surface area (Å²) in [6, 6.07) is 10.4. The molecule has 0 aliphatic carbocycles. The maximum Gasteiger partial charge on any atom is 0.191 e. The minimum absolute atomic E-state index is 0. The second kappa shape index (κ2) is 10.7. The number of hydrogen-bond donors (Lipinski definition) is 2. The highest BCUT2D eigenvalue weighted by atomic mass is 127. The van der Waals surface area contributed by atoms with Gasteiger partial charge < -0.3 is 20.3 Å². The standard InChI is InChI=1S/C16H26N4O.HI/c1-17-16(19-13-15-9-6-12-21-15)18-10-11-20(2)14-7-4-3-5-8-14;/h3-5,7-8,15H,6,9-13H2,1-2H3,(H2,17,18,19);1H. The van der Waals surface area contributed by atoms with E-state index in [-0.39, 0.29) is 24.0 Å². The minimum Gasteiger partial charge on any atom is -0.376 e. The molecular formula is C16H27IN4O. The van der Waals surface area contributed by atoms with E-state index in [1.165, 1.54) is 12.1 Å². The molecule has 2 rings (SSSR count). The molecule has 1 aromatic rings. The van der Waals surface area contributed by atoms with E-state index in [9.17, 15) is 0 Å². The second-order valence-corrected chi connectivity index (χ2v) is 5.27. The Bertz CT molecular complexity index is 435. The molecule has 0 amide bonds. The van der Waals surface area contributed by atoms with Crippen molar-refractivity contribution in [2.75, 3.05) is 45.2 Å². The van der Waals surface area contributed by atoms with E-state index < -0.39 is 0 Å². The van der Waals surface area contributed by atoms with E-state index in [0.717, 1.165) is 38.6 Å². The summed E-state index contributed by atoms with van der Waals surface area (Å²) < 4.78 is 5.59. The van der Waals surface area contributed by atoms with Gasteiger partial charge in [-0.2, -0.15) is 0 Å². The molecule has 0 radical (unpaired) electrons. The Morgan fingerprint density at radius 2 is 2.09 bits per heavy atom. The maximum absolute atomic E-state index is 5.59. The summed E-state index contributed by atoms with van der Waals surface area (Å²) in [5.41, 5.74) is 1.22. The quantitative estimate of drug-likeness (QED) is 0.422. The van der Waals surface area contributed by atoms with Crippen molar-refractivity contribution >= 4 is 35.6 Å². The van der Waals surface area contributed by atoms with E-state index in [2.05, 4.69) is 51.8 Å². The molecule has 0 aromatic heterocycles. The van der Waals surface area contributed by atoms with E-state index in [1.807, 2.05) is 6.07 Å². The molecule has 124 valence electrons. The molecule has 1 aromatic carbocycles. The fourth-order valence-corrected chi connectivity index (χ4v) is 2.39. The van der Waals surface area contributed by atoms with Gasteiger partial charge in [-0.1, -0.05) is 18.2 Å². The van der Waals surface area contributed by atoms with Crippen LogP contribution >= 0.6 is 24.0 Å². The third-order valence-electron chi connectivity index (χ3n) is 3.68. The average Bonchev–Trinajstić information content (AvgIpc) is 3.04. The largest absolute Gasteiger partial charge is 0.376 e. The molecule has 0 bridgehead atoms. The van der Waals surface area contributed by atoms with Gasteiger partial charge >= 0.3 is 0 Å². The van der Waals surface area contributed by atoms with E-state index in [1.54, 1.807) is 7.05 Å². The van der Waals surface area contributed by atoms with Crippen molar-refractivity contribution in [3.8, 4) is 0 Å². The van der Waals surface area contributed by atoms with Crippen LogP contribution in [0.1, 0.15) is 12.8 Å². The van der Waals surface area contributed by atoms with Gasteiger partial charge in [0.2, 0.25) is 0 Å². The lowest BCUT2D eigenvalue weighted by Crippen LogP contribution is -2.43. The zero-order valence-electron chi connectivity index (χ0n) is 13.4. The van der Waals surface area contributed by atoms with Gasteiger partial charge in [0.15, 0.2) is 5.96 Å². The third-order valence-corrected chi connectivity index (χ3v) is 3.68. The predicted octanol–water partition coefficient (Wildman–Crippen LogP) is 2.08. The van der Waals surface area contributed by atoms with Crippen LogP contribution in [0.5, 0.6) is 0 Å². The number of aliphatic imine (C=N–C) groups is 1. The predicted molar refractivity (Wildman–Crippen MR) is 103 cm³/mol. The van der Waals surface area contributed by atoms with Crippen LogP contribution in [-0.2, 0) is 4.74 Å². The molecule has 6 heteroatoms. The summed E-state index contributed by atoms with van der Waals surface area (Å²) in [5, 5.41) is 6.66. The van der Waals surface area contributed by atoms with Crippen molar-refractivity contribution in [1.82, 2.24) is 10.6 Å². The van der Waals surface area contributed by atoms with Gasteiger partial charge in [0.05, 0.1) is 6.10 Å². The number of anilines is 1. The highest BCUT2D eigenvalue weighted by Gasteiger charge is 2.15. The molecule has 1 unspecified atom stereocenters. The SMILES string of the molecule is CN=C(NCCN(C)c1ccccc1)NCC1CCCO1.I. The van der Waals surface area contributed by atoms with Gasteiger partial charge in [0, 0.05) is 46.0 Å². The molecule has 1 heterocycles. The zero-order valence-corrected chi connectivity index (χ0v) is 15.7. The number of rotatable bonds is 6. The van der Waals surface area contributed by atoms with Crippen molar-refractivity contribution < 1.29 is 4.74 Å². The highest BCUT2D eigenvalue weighted by Crippen LogP contribution is 2.10. The number of likely N-dealkylation sites (N-methyl/N-ethyl adjacent to an activating group) is 1. The summed E-state index contributed by atoms with van der Waals surface area (Å²) in [6.07, 6.45) is 2.64. The molecule has 2 N–H and O–H groups in total. The van der Waals surface area contributed by atoms with E-state index in [0.29, 0.717) is 6.10 Å². The first-order valence-corrected chi connectivity index (χ1v) is 7.62. The number of benzene rings is 1. The lowest BCUT2D eigenvalue weighted by molar-refractivity contribution is 0.114. The van der Waals surface area contributed by atoms with Crippen LogP contribution in [0.4, 0.5) is 5.69 Å². The maximum atomic E-state index is 5.59. The smallest absolute Gasteiger partial charge is 0.191 e. The monoisotopic (exact) mass is 418 g/mol. The van der Waals surface area contributed by atoms with Crippen LogP contribution in [0.2, 0.25) is 0 Å². The van der Waals surface area contributed by atoms with Crippen LogP contribution in [0.15, 0.2) is 35.3 Å². The van der Waals surface area contributed by atoms with Gasteiger partial charge in [-0.05, 0) is 25.0 Å². The summed E-state index contributed by atoms with van der Waals surface area (Å²) >= 11 is 0. The highest BCUT2D eigenvalue weighted by molar-refractivity contribution is 14.0. The number of hydrogen-bond acceptors (Lipinski definition) is 3. The Morgan fingerprint density at radius 1 is 1.32 bits per heavy atom. The van der Waals surface area contributed by atoms with Gasteiger partial charge in [0.25, 0.3) is 0 Å². The first-order valence-electron chi connectivity index (χ1n) is 7.62. The number of guanidine groups is 1. The average molecular weight is 418 g/mol. The molecular weight excluding hydrogens is 391 g/mol. The molecule has 1 saturated heterocycles. The Hall–Kier alpha value is -1.02. The fourth-order valence-electron chi connectivity index (χ4n) is 2.39. The van der Waals surface area contributed by atoms with Crippen LogP contribution in [0, 0.1) is 0 Å². The summed E-state index contributed by atoms with van der Waals surface area (Å²) in [7, 11) is 3.89. The number of para-hydroxylation sites is 1. The van der Waals surface area contributed by atoms with Crippen LogP contribution in [0.25, 0.3) is 0 Å². The van der Waals surface area contributed by atoms with Crippen molar-refractivity contribution in [3.05, 3.63) is 30.3 Å². The summed E-state index contributed by atoms with van der Waals surface area (Å²) in [4.78, 5) is 6.46. The summed E-state index contributed by atoms with van der Waals surface area (Å²) in [5.74, 6) is 0.840. The Kier molecular flexibility index (Phi) is 9.22. The minimum atomic E-state index is 0. The van der Waals surface area contributed by atoms with Gasteiger partial charge in [-0.3, -0.25) is 4.99 Å². The molecule has 1 fully saturated rings. The third kappa shape index (κ3) is 6.39. The first kappa shape index (κ1) is 19.0. The molecule has 22 heavy (non-hydrogen) atoms. The number of ether oxygens (including phenoxy) is 1. The first-order chi connectivity index (χ1) is 10.3. The van der Waals surface area contributed by atoms with Crippen LogP contribution in [0.3, 0.4) is 0 Å². The van der Waals surface area contributed by atoms with Crippen molar-refractivity contribution in [2.24, 2.45) is 4.99 Å². The van der Waals surface area contributed by atoms with Gasteiger partial charge in [0.1, 0.15) is 0 Å². The molecule has 1 aliphatic rings. The fraction of sp³-hybridized carbons (Fsp3) is 0.562. The van der Waals surface area contributed by atoms with Gasteiger partial charge in [-0.15, -0.1) is 24.0 Å². The van der Waals surface area contributed by atoms with Gasteiger partial charge in [-0.25, -0.2) is 0 Å². The lowest BCUT2D eigenvalue weighted by atomic mass is 10.2. The zero-order chi connectivity index (χ0) is 14.9. The second-order valence-electron chi connectivity index (χ2n) is 5.27. The molecule has 5 nitrogen and oxygen atoms in total. The summed E-state index contributed by atoms with van der Waals surface area (Å²) in [6.45, 7) is 3.48. The van der Waals surface area contributed by atoms with Crippen molar-refractivity contribution in [1.29, 1.82) is 0 Å². The Morgan fingerprint density at radius 3 is 2.73 bits per heavy atom. The lowest BCUT2D eigenvalue weighted by Gasteiger charge is -2.20. The van der Waals surface area contributed by atoms with Crippen molar-refractivity contribution in [3.63, 3.8) is 0 Å². The molecule has 1 atom stereocenters. The van der Waals surface area contributed by atoms with Crippen LogP contribution in [-0.4, -0.2) is 52.4 Å².